The molecule has 1 aromatic carbocycles. The number of thiocarbonyl (C=S) groups is 1. The number of phenols is 1. The molecule has 98 valence electrons. The first kappa shape index (κ1) is 13.1. The summed E-state index contributed by atoms with van der Waals surface area (Å²) in [6.45, 7) is 1.65. The minimum Gasteiger partial charge on any atom is -0.508 e. The number of hydrazone groups is 1. The van der Waals surface area contributed by atoms with Crippen molar-refractivity contribution in [2.75, 3.05) is 0 Å². The highest BCUT2D eigenvalue weighted by atomic mass is 32.1. The summed E-state index contributed by atoms with van der Waals surface area (Å²) in [4.78, 5) is 11.9. The van der Waals surface area contributed by atoms with Crippen LogP contribution >= 0.6 is 12.2 Å². The highest BCUT2D eigenvalue weighted by Gasteiger charge is 2.35. The lowest BCUT2D eigenvalue weighted by Crippen LogP contribution is -2.37. The Kier molecular flexibility index (Phi) is 3.52. The van der Waals surface area contributed by atoms with E-state index in [1.165, 1.54) is 12.1 Å². The van der Waals surface area contributed by atoms with Crippen molar-refractivity contribution in [2.45, 2.75) is 13.0 Å². The van der Waals surface area contributed by atoms with Crippen molar-refractivity contribution in [3.8, 4) is 5.75 Å². The Morgan fingerprint density at radius 3 is 2.63 bits per heavy atom. The monoisotopic (exact) mass is 277 g/mol. The molecule has 0 fully saturated rings. The van der Waals surface area contributed by atoms with Gasteiger partial charge in [-0.1, -0.05) is 0 Å². The fourth-order valence-electron chi connectivity index (χ4n) is 1.49. The number of phenolic OH excluding ortho intramolecular Hbond substituents is 1. The van der Waals surface area contributed by atoms with Crippen molar-refractivity contribution in [1.29, 1.82) is 0 Å². The first-order chi connectivity index (χ1) is 8.99. The molecule has 0 bridgehead atoms. The van der Waals surface area contributed by atoms with E-state index in [1.54, 1.807) is 19.1 Å². The summed E-state index contributed by atoms with van der Waals surface area (Å²) in [5.74, 6) is -0.291. The predicted molar refractivity (Wildman–Crippen MR) is 73.2 cm³/mol. The summed E-state index contributed by atoms with van der Waals surface area (Å²) in [7, 11) is 0. The van der Waals surface area contributed by atoms with Crippen LogP contribution in [0.25, 0.3) is 0 Å². The minimum absolute atomic E-state index is 0.119. The largest absolute Gasteiger partial charge is 0.508 e. The van der Waals surface area contributed by atoms with Gasteiger partial charge in [-0.3, -0.25) is 4.79 Å². The third-order valence-corrected chi connectivity index (χ3v) is 2.62. The average Bonchev–Trinajstić information content (AvgIpc) is 2.65. The number of benzene rings is 1. The van der Waals surface area contributed by atoms with E-state index in [0.29, 0.717) is 11.4 Å². The zero-order valence-electron chi connectivity index (χ0n) is 10.0. The smallest absolute Gasteiger partial charge is 0.282 e. The number of nitrogens with zero attached hydrogens (tertiary/aromatic N) is 4. The number of hydrogen-bond donors (Lipinski definition) is 2. The SMILES string of the molecule is CC1=NN(C(N)=S)C(=O)[C@H]1N=Nc1ccc(O)cc1. The minimum atomic E-state index is -0.810. The summed E-state index contributed by atoms with van der Waals surface area (Å²) in [5, 5.41) is 21.7. The fraction of sp³-hybridized carbons (Fsp3) is 0.182. The van der Waals surface area contributed by atoms with Gasteiger partial charge in [0, 0.05) is 0 Å². The van der Waals surface area contributed by atoms with Gasteiger partial charge in [-0.2, -0.15) is 20.3 Å². The van der Waals surface area contributed by atoms with Gasteiger partial charge in [0.05, 0.1) is 11.4 Å². The van der Waals surface area contributed by atoms with Crippen LogP contribution < -0.4 is 5.73 Å². The number of azo groups is 1. The van der Waals surface area contributed by atoms with Gasteiger partial charge in [0.25, 0.3) is 5.91 Å². The number of carbonyl (C=O) groups excluding carboxylic acids is 1. The maximum Gasteiger partial charge on any atom is 0.282 e. The molecule has 1 aromatic rings. The Hall–Kier alpha value is -2.35. The summed E-state index contributed by atoms with van der Waals surface area (Å²) in [5.41, 5.74) is 6.36. The van der Waals surface area contributed by atoms with E-state index >= 15 is 0 Å². The average molecular weight is 277 g/mol. The maximum absolute atomic E-state index is 11.9. The Labute approximate surface area is 114 Å². The standard InChI is InChI=1S/C11H11N5O2S/c1-6-9(10(18)16(15-6)11(12)19)14-13-7-2-4-8(17)5-3-7/h2-5,9,17H,1H3,(H2,12,19)/t9-/m0/s1. The molecule has 0 radical (unpaired) electrons. The quantitative estimate of drug-likeness (QED) is 0.628. The molecule has 1 aliphatic heterocycles. The number of rotatable bonds is 2. The van der Waals surface area contributed by atoms with Crippen LogP contribution in [0, 0.1) is 0 Å². The van der Waals surface area contributed by atoms with Gasteiger partial charge in [-0.15, -0.1) is 0 Å². The zero-order chi connectivity index (χ0) is 14.0. The molecule has 3 N–H and O–H groups in total. The number of carbonyl (C=O) groups is 1. The van der Waals surface area contributed by atoms with E-state index in [9.17, 15) is 4.79 Å². The molecule has 19 heavy (non-hydrogen) atoms. The van der Waals surface area contributed by atoms with Crippen LogP contribution in [-0.4, -0.2) is 32.9 Å². The molecule has 7 nitrogen and oxygen atoms in total. The molecular formula is C11H11N5O2S. The molecular weight excluding hydrogens is 266 g/mol. The predicted octanol–water partition coefficient (Wildman–Crippen LogP) is 1.31. The van der Waals surface area contributed by atoms with E-state index in [4.69, 9.17) is 23.1 Å². The molecule has 0 spiro atoms. The summed E-state index contributed by atoms with van der Waals surface area (Å²) >= 11 is 4.71. The lowest BCUT2D eigenvalue weighted by molar-refractivity contribution is -0.126. The molecule has 0 saturated heterocycles. The van der Waals surface area contributed by atoms with Gasteiger partial charge in [0.1, 0.15) is 5.75 Å². The van der Waals surface area contributed by atoms with Crippen LogP contribution in [0.2, 0.25) is 0 Å². The Bertz CT molecular complexity index is 581. The van der Waals surface area contributed by atoms with Gasteiger partial charge in [-0.05, 0) is 43.4 Å². The highest BCUT2D eigenvalue weighted by Crippen LogP contribution is 2.19. The van der Waals surface area contributed by atoms with Crippen molar-refractivity contribution >= 4 is 34.6 Å². The summed E-state index contributed by atoms with van der Waals surface area (Å²) in [6.07, 6.45) is 0. The van der Waals surface area contributed by atoms with E-state index in [2.05, 4.69) is 15.3 Å². The van der Waals surface area contributed by atoms with Gasteiger partial charge in [0.15, 0.2) is 11.2 Å². The van der Waals surface area contributed by atoms with E-state index in [-0.39, 0.29) is 10.9 Å². The molecule has 0 saturated carbocycles. The molecule has 1 aliphatic rings. The van der Waals surface area contributed by atoms with E-state index < -0.39 is 11.9 Å². The first-order valence-corrected chi connectivity index (χ1v) is 5.78. The van der Waals surface area contributed by atoms with E-state index in [0.717, 1.165) is 5.01 Å². The van der Waals surface area contributed by atoms with Gasteiger partial charge in [0.2, 0.25) is 0 Å². The molecule has 0 aliphatic carbocycles. The molecule has 0 unspecified atom stereocenters. The van der Waals surface area contributed by atoms with Crippen molar-refractivity contribution in [3.05, 3.63) is 24.3 Å². The lowest BCUT2D eigenvalue weighted by Gasteiger charge is -2.08. The Balaban J connectivity index is 2.16. The first-order valence-electron chi connectivity index (χ1n) is 5.37. The van der Waals surface area contributed by atoms with Crippen LogP contribution in [0.1, 0.15) is 6.92 Å². The highest BCUT2D eigenvalue weighted by molar-refractivity contribution is 7.80. The second-order valence-electron chi connectivity index (χ2n) is 3.86. The van der Waals surface area contributed by atoms with Gasteiger partial charge < -0.3 is 10.8 Å². The normalized spacial score (nSPS) is 19.0. The molecule has 1 atom stereocenters. The zero-order valence-corrected chi connectivity index (χ0v) is 10.8. The Morgan fingerprint density at radius 2 is 2.11 bits per heavy atom. The van der Waals surface area contributed by atoms with Crippen LogP contribution in [-0.2, 0) is 4.79 Å². The molecule has 8 heteroatoms. The second kappa shape index (κ2) is 5.11. The van der Waals surface area contributed by atoms with Crippen molar-refractivity contribution in [3.63, 3.8) is 0 Å². The Morgan fingerprint density at radius 1 is 1.47 bits per heavy atom. The van der Waals surface area contributed by atoms with Crippen LogP contribution in [0.3, 0.4) is 0 Å². The van der Waals surface area contributed by atoms with Crippen LogP contribution in [0.15, 0.2) is 39.6 Å². The number of aromatic hydroxyl groups is 1. The maximum atomic E-state index is 11.9. The molecule has 1 heterocycles. The molecule has 0 aromatic heterocycles. The van der Waals surface area contributed by atoms with E-state index in [1.807, 2.05) is 0 Å². The second-order valence-corrected chi connectivity index (χ2v) is 4.28. The van der Waals surface area contributed by atoms with Crippen molar-refractivity contribution < 1.29 is 9.90 Å². The topological polar surface area (TPSA) is 104 Å². The number of amides is 1. The van der Waals surface area contributed by atoms with Crippen LogP contribution in [0.5, 0.6) is 5.75 Å². The van der Waals surface area contributed by atoms with Gasteiger partial charge in [-0.25, -0.2) is 0 Å². The van der Waals surface area contributed by atoms with Crippen molar-refractivity contribution in [2.24, 2.45) is 21.1 Å². The summed E-state index contributed by atoms with van der Waals surface area (Å²) in [6, 6.07) is 5.31. The lowest BCUT2D eigenvalue weighted by atomic mass is 10.2. The third-order valence-electron chi connectivity index (χ3n) is 2.44. The molecule has 2 rings (SSSR count). The number of nitrogens with two attached hydrogens (primary N) is 1. The van der Waals surface area contributed by atoms with Gasteiger partial charge >= 0.3 is 0 Å². The fourth-order valence-corrected chi connectivity index (χ4v) is 1.62. The third kappa shape index (κ3) is 2.74. The van der Waals surface area contributed by atoms with Crippen LogP contribution in [0.4, 0.5) is 5.69 Å². The molecule has 1 amide bonds. The number of hydrogen-bond acceptors (Lipinski definition) is 6. The summed E-state index contributed by atoms with van der Waals surface area (Å²) < 4.78 is 0. The van der Waals surface area contributed by atoms with Crippen molar-refractivity contribution in [1.82, 2.24) is 5.01 Å².